The molecule has 0 saturated heterocycles. The number of ether oxygens (including phenoxy) is 1. The first-order valence-electron chi connectivity index (χ1n) is 4.21. The van der Waals surface area contributed by atoms with Crippen molar-refractivity contribution in [2.45, 2.75) is 33.0 Å². The van der Waals surface area contributed by atoms with Crippen LogP contribution in [0.4, 0.5) is 0 Å². The van der Waals surface area contributed by atoms with Crippen LogP contribution >= 0.6 is 23.0 Å². The minimum Gasteiger partial charge on any atom is -0.366 e. The lowest BCUT2D eigenvalue weighted by Crippen LogP contribution is -2.23. The van der Waals surface area contributed by atoms with Crippen LogP contribution in [0.25, 0.3) is 0 Å². The Hall–Kier alpha value is 0.350. The van der Waals surface area contributed by atoms with Gasteiger partial charge in [-0.2, -0.15) is 0 Å². The summed E-state index contributed by atoms with van der Waals surface area (Å²) in [5.74, 6) is -1.03. The summed E-state index contributed by atoms with van der Waals surface area (Å²) in [5.41, 5.74) is 1.17. The monoisotopic (exact) mass is 300 g/mol. The maximum Gasteiger partial charge on any atom is 0.159 e. The topological polar surface area (TPSA) is 38.7 Å². The van der Waals surface area contributed by atoms with Crippen molar-refractivity contribution in [1.29, 1.82) is 0 Å². The number of hydrogen-bond donors (Lipinski definition) is 1. The van der Waals surface area contributed by atoms with Gasteiger partial charge in [0, 0.05) is 0 Å². The molecule has 13 heavy (non-hydrogen) atoms. The predicted molar refractivity (Wildman–Crippen MR) is 60.6 cm³/mol. The van der Waals surface area contributed by atoms with E-state index in [9.17, 15) is 5.11 Å². The van der Waals surface area contributed by atoms with E-state index in [1.807, 2.05) is 36.0 Å². The Bertz CT molecular complexity index is 161. The fraction of sp³-hybridized carbons (Fsp3) is 0.778. The first kappa shape index (κ1) is 13.4. The lowest BCUT2D eigenvalue weighted by Gasteiger charge is -2.17. The molecule has 0 fully saturated rings. The zero-order chi connectivity index (χ0) is 10.3. The van der Waals surface area contributed by atoms with Gasteiger partial charge in [0.25, 0.3) is 0 Å². The third-order valence-corrected chi connectivity index (χ3v) is 1.66. The van der Waals surface area contributed by atoms with Gasteiger partial charge in [0.1, 0.15) is 23.0 Å². The third-order valence-electron chi connectivity index (χ3n) is 1.35. The van der Waals surface area contributed by atoms with Crippen LogP contribution in [0, 0.1) is 0 Å². The van der Waals surface area contributed by atoms with E-state index in [1.165, 1.54) is 5.57 Å². The Morgan fingerprint density at radius 1 is 1.54 bits per heavy atom. The molecule has 0 heterocycles. The summed E-state index contributed by atoms with van der Waals surface area (Å²) in [6, 6.07) is 0. The van der Waals surface area contributed by atoms with Crippen LogP contribution in [0.1, 0.15) is 27.2 Å². The molecule has 0 rings (SSSR count). The number of aliphatic hydroxyl groups is 1. The van der Waals surface area contributed by atoms with Crippen LogP contribution in [0.2, 0.25) is 0 Å². The normalized spacial score (nSPS) is 13.5. The molecule has 0 saturated carbocycles. The van der Waals surface area contributed by atoms with E-state index in [0.717, 1.165) is 6.42 Å². The van der Waals surface area contributed by atoms with E-state index in [-0.39, 0.29) is 0 Å². The predicted octanol–water partition coefficient (Wildman–Crippen LogP) is 2.43. The molecular formula is C9H17IO3. The molecule has 0 unspecified atom stereocenters. The van der Waals surface area contributed by atoms with Crippen LogP contribution in [0.5, 0.6) is 0 Å². The first-order valence-corrected chi connectivity index (χ1v) is 5.09. The Balaban J connectivity index is 3.50. The summed E-state index contributed by atoms with van der Waals surface area (Å²) in [6.45, 7) is 6.42. The largest absolute Gasteiger partial charge is 0.366 e. The molecule has 0 spiro atoms. The van der Waals surface area contributed by atoms with Gasteiger partial charge >= 0.3 is 0 Å². The molecule has 0 aromatic rings. The van der Waals surface area contributed by atoms with E-state index in [0.29, 0.717) is 13.2 Å². The third kappa shape index (κ3) is 10.3. The van der Waals surface area contributed by atoms with Gasteiger partial charge in [-0.05, 0) is 27.2 Å². The minimum absolute atomic E-state index is 0.530. The van der Waals surface area contributed by atoms with E-state index in [1.54, 1.807) is 13.8 Å². The molecule has 0 aliphatic heterocycles. The van der Waals surface area contributed by atoms with Crippen LogP contribution in [-0.2, 0) is 7.80 Å². The van der Waals surface area contributed by atoms with Gasteiger partial charge in [0.05, 0.1) is 13.2 Å². The van der Waals surface area contributed by atoms with E-state index in [2.05, 4.69) is 0 Å². The SMILES string of the molecule is C/C(=C\CCOC(C)(C)O)COI. The summed E-state index contributed by atoms with van der Waals surface area (Å²) < 4.78 is 10.0. The van der Waals surface area contributed by atoms with Crippen LogP contribution in [-0.4, -0.2) is 24.1 Å². The molecule has 4 heteroatoms. The molecule has 78 valence electrons. The van der Waals surface area contributed by atoms with E-state index < -0.39 is 5.79 Å². The number of hydrogen-bond acceptors (Lipinski definition) is 3. The van der Waals surface area contributed by atoms with Crippen molar-refractivity contribution >= 4 is 23.0 Å². The van der Waals surface area contributed by atoms with E-state index in [4.69, 9.17) is 7.80 Å². The first-order chi connectivity index (χ1) is 5.95. The minimum atomic E-state index is -1.03. The Morgan fingerprint density at radius 3 is 2.62 bits per heavy atom. The van der Waals surface area contributed by atoms with Crippen molar-refractivity contribution in [3.8, 4) is 0 Å². The highest BCUT2D eigenvalue weighted by Gasteiger charge is 2.10. The maximum absolute atomic E-state index is 9.22. The van der Waals surface area contributed by atoms with Crippen molar-refractivity contribution in [2.75, 3.05) is 13.2 Å². The van der Waals surface area contributed by atoms with Gasteiger partial charge in [0.2, 0.25) is 0 Å². The fourth-order valence-corrected chi connectivity index (χ4v) is 1.25. The summed E-state index contributed by atoms with van der Waals surface area (Å²) in [7, 11) is 0. The number of rotatable bonds is 6. The number of halogens is 1. The van der Waals surface area contributed by atoms with Crippen LogP contribution in [0.3, 0.4) is 0 Å². The molecule has 0 bridgehead atoms. The zero-order valence-corrected chi connectivity index (χ0v) is 10.5. The second-order valence-electron chi connectivity index (χ2n) is 3.39. The summed E-state index contributed by atoms with van der Waals surface area (Å²) in [5, 5.41) is 9.22. The smallest absolute Gasteiger partial charge is 0.159 e. The second-order valence-corrected chi connectivity index (χ2v) is 4.01. The molecule has 0 aromatic heterocycles. The van der Waals surface area contributed by atoms with Crippen LogP contribution < -0.4 is 0 Å². The molecule has 0 aromatic carbocycles. The second kappa shape index (κ2) is 6.75. The molecule has 0 aliphatic carbocycles. The highest BCUT2D eigenvalue weighted by molar-refractivity contribution is 14.1. The van der Waals surface area contributed by atoms with Gasteiger partial charge < -0.3 is 12.9 Å². The van der Waals surface area contributed by atoms with Crippen molar-refractivity contribution in [2.24, 2.45) is 0 Å². The summed E-state index contributed by atoms with van der Waals surface area (Å²) in [6.07, 6.45) is 2.85. The highest BCUT2D eigenvalue weighted by atomic mass is 127. The Labute approximate surface area is 93.8 Å². The lowest BCUT2D eigenvalue weighted by atomic mass is 10.2. The average Bonchev–Trinajstić information content (AvgIpc) is 1.97. The molecule has 0 atom stereocenters. The molecule has 0 aliphatic rings. The standard InChI is InChI=1S/C9H17IO3/c1-8(7-13-10)5-4-6-12-9(2,3)11/h5,11H,4,6-7H2,1-3H3/b8-5+. The molecular weight excluding hydrogens is 283 g/mol. The lowest BCUT2D eigenvalue weighted by molar-refractivity contribution is -0.174. The highest BCUT2D eigenvalue weighted by Crippen LogP contribution is 2.05. The van der Waals surface area contributed by atoms with Gasteiger partial charge in [-0.3, -0.25) is 0 Å². The fourth-order valence-electron chi connectivity index (χ4n) is 0.759. The molecule has 0 radical (unpaired) electrons. The Morgan fingerprint density at radius 2 is 2.15 bits per heavy atom. The zero-order valence-electron chi connectivity index (χ0n) is 8.34. The summed E-state index contributed by atoms with van der Waals surface area (Å²) >= 11 is 1.86. The van der Waals surface area contributed by atoms with Crippen molar-refractivity contribution < 1.29 is 12.9 Å². The molecule has 1 N–H and O–H groups in total. The maximum atomic E-state index is 9.22. The van der Waals surface area contributed by atoms with Crippen molar-refractivity contribution in [3.05, 3.63) is 11.6 Å². The summed E-state index contributed by atoms with van der Waals surface area (Å²) in [4.78, 5) is 0. The van der Waals surface area contributed by atoms with Crippen LogP contribution in [0.15, 0.2) is 11.6 Å². The van der Waals surface area contributed by atoms with E-state index >= 15 is 0 Å². The van der Waals surface area contributed by atoms with Gasteiger partial charge in [-0.15, -0.1) is 0 Å². The molecule has 0 amide bonds. The van der Waals surface area contributed by atoms with Gasteiger partial charge in [-0.1, -0.05) is 11.6 Å². The van der Waals surface area contributed by atoms with Crippen molar-refractivity contribution in [1.82, 2.24) is 0 Å². The quantitative estimate of drug-likeness (QED) is 0.354. The molecule has 3 nitrogen and oxygen atoms in total. The van der Waals surface area contributed by atoms with Gasteiger partial charge in [-0.25, -0.2) is 0 Å². The van der Waals surface area contributed by atoms with Gasteiger partial charge in [0.15, 0.2) is 5.79 Å². The Kier molecular flexibility index (Phi) is 6.93. The van der Waals surface area contributed by atoms with Crippen molar-refractivity contribution in [3.63, 3.8) is 0 Å². The average molecular weight is 300 g/mol.